The van der Waals surface area contributed by atoms with Gasteiger partial charge in [-0.25, -0.2) is 4.68 Å². The maximum atomic E-state index is 13.3. The van der Waals surface area contributed by atoms with E-state index in [-0.39, 0.29) is 13.0 Å². The Labute approximate surface area is 143 Å². The average molecular weight is 346 g/mol. The van der Waals surface area contributed by atoms with Gasteiger partial charge in [0.05, 0.1) is 11.9 Å². The number of hydrogen-bond acceptors (Lipinski definition) is 3. The van der Waals surface area contributed by atoms with Gasteiger partial charge in [0.15, 0.2) is 0 Å². The van der Waals surface area contributed by atoms with E-state index >= 15 is 0 Å². The van der Waals surface area contributed by atoms with Gasteiger partial charge in [0.25, 0.3) is 0 Å². The molecule has 3 aromatic rings. The minimum Gasteiger partial charge on any atom is -0.302 e. The summed E-state index contributed by atoms with van der Waals surface area (Å²) in [6.45, 7) is 0.0854. The summed E-state index contributed by atoms with van der Waals surface area (Å²) in [4.78, 5) is 3.83. The minimum atomic E-state index is -4.33. The molecule has 3 rings (SSSR count). The van der Waals surface area contributed by atoms with Crippen molar-refractivity contribution in [1.82, 2.24) is 20.1 Å². The summed E-state index contributed by atoms with van der Waals surface area (Å²) in [6, 6.07) is 11.0. The van der Waals surface area contributed by atoms with Crippen LogP contribution in [-0.4, -0.2) is 27.0 Å². The molecule has 0 aliphatic rings. The lowest BCUT2D eigenvalue weighted by molar-refractivity contribution is -0.155. The van der Waals surface area contributed by atoms with Crippen LogP contribution in [0.25, 0.3) is 5.69 Å². The molecule has 0 aliphatic heterocycles. The molecule has 7 heteroatoms. The number of nitrogens with zero attached hydrogens (tertiary/aromatic N) is 3. The smallest absolute Gasteiger partial charge is 0.302 e. The van der Waals surface area contributed by atoms with Crippen LogP contribution in [0, 0.1) is 0 Å². The second-order valence-corrected chi connectivity index (χ2v) is 5.66. The number of hydrogen-bond donors (Lipinski definition) is 1. The Bertz CT molecular complexity index is 785. The third-order valence-electron chi connectivity index (χ3n) is 3.79. The van der Waals surface area contributed by atoms with Crippen LogP contribution in [0.4, 0.5) is 13.2 Å². The molecule has 25 heavy (non-hydrogen) atoms. The van der Waals surface area contributed by atoms with Gasteiger partial charge in [-0.2, -0.15) is 18.3 Å². The first-order valence-electron chi connectivity index (χ1n) is 7.80. The topological polar surface area (TPSA) is 42.7 Å². The van der Waals surface area contributed by atoms with Crippen LogP contribution in [0.1, 0.15) is 11.1 Å². The van der Waals surface area contributed by atoms with Crippen molar-refractivity contribution in [1.29, 1.82) is 0 Å². The number of benzene rings is 1. The molecule has 0 aliphatic carbocycles. The summed E-state index contributed by atoms with van der Waals surface area (Å²) < 4.78 is 41.5. The van der Waals surface area contributed by atoms with Crippen molar-refractivity contribution in [2.45, 2.75) is 25.2 Å². The zero-order valence-electron chi connectivity index (χ0n) is 13.3. The van der Waals surface area contributed by atoms with Crippen LogP contribution in [0.15, 0.2) is 67.3 Å². The maximum Gasteiger partial charge on any atom is 0.404 e. The van der Waals surface area contributed by atoms with Crippen molar-refractivity contribution in [3.8, 4) is 5.69 Å². The van der Waals surface area contributed by atoms with Crippen molar-refractivity contribution in [3.05, 3.63) is 78.4 Å². The summed E-state index contributed by atoms with van der Waals surface area (Å²) >= 11 is 0. The van der Waals surface area contributed by atoms with E-state index in [1.54, 1.807) is 29.2 Å². The number of aromatic nitrogens is 3. The molecular weight excluding hydrogens is 329 g/mol. The van der Waals surface area contributed by atoms with Crippen LogP contribution in [-0.2, 0) is 13.0 Å². The first kappa shape index (κ1) is 17.2. The molecule has 1 aromatic carbocycles. The van der Waals surface area contributed by atoms with E-state index in [4.69, 9.17) is 0 Å². The molecule has 1 N–H and O–H groups in total. The van der Waals surface area contributed by atoms with Gasteiger partial charge in [-0.1, -0.05) is 18.2 Å². The first-order valence-corrected chi connectivity index (χ1v) is 7.80. The number of rotatable bonds is 6. The fraction of sp³-hybridized carbons (Fsp3) is 0.222. The van der Waals surface area contributed by atoms with Crippen molar-refractivity contribution in [3.63, 3.8) is 0 Å². The number of pyridine rings is 1. The minimum absolute atomic E-state index is 0.0854. The molecular formula is C18H17F3N4. The zero-order valence-corrected chi connectivity index (χ0v) is 13.3. The molecule has 0 radical (unpaired) electrons. The van der Waals surface area contributed by atoms with E-state index < -0.39 is 12.2 Å². The molecule has 0 saturated carbocycles. The van der Waals surface area contributed by atoms with Gasteiger partial charge < -0.3 is 5.32 Å². The summed E-state index contributed by atoms with van der Waals surface area (Å²) in [5.74, 6) is 0. The van der Waals surface area contributed by atoms with Gasteiger partial charge in [0.2, 0.25) is 0 Å². The maximum absolute atomic E-state index is 13.3. The molecule has 0 saturated heterocycles. The SMILES string of the molecule is FC(F)(F)[C@@H](Cc1ccncc1)NCc1cnn(-c2ccccc2)c1. The highest BCUT2D eigenvalue weighted by molar-refractivity contribution is 5.30. The predicted octanol–water partition coefficient (Wildman–Crippen LogP) is 3.53. The second kappa shape index (κ2) is 7.48. The molecule has 0 amide bonds. The Balaban J connectivity index is 1.66. The van der Waals surface area contributed by atoms with Gasteiger partial charge in [-0.3, -0.25) is 4.98 Å². The number of halogens is 3. The Kier molecular flexibility index (Phi) is 5.14. The number of alkyl halides is 3. The van der Waals surface area contributed by atoms with Gasteiger partial charge >= 0.3 is 6.18 Å². The molecule has 2 heterocycles. The second-order valence-electron chi connectivity index (χ2n) is 5.66. The van der Waals surface area contributed by atoms with Crippen molar-refractivity contribution < 1.29 is 13.2 Å². The molecule has 0 unspecified atom stereocenters. The fourth-order valence-corrected chi connectivity index (χ4v) is 2.47. The summed E-state index contributed by atoms with van der Waals surface area (Å²) in [6.07, 6.45) is 1.80. The Morgan fingerprint density at radius 2 is 1.72 bits per heavy atom. The largest absolute Gasteiger partial charge is 0.404 e. The fourth-order valence-electron chi connectivity index (χ4n) is 2.47. The predicted molar refractivity (Wildman–Crippen MR) is 88.2 cm³/mol. The zero-order chi connectivity index (χ0) is 17.7. The van der Waals surface area contributed by atoms with Gasteiger partial charge in [-0.15, -0.1) is 0 Å². The molecule has 130 valence electrons. The lowest BCUT2D eigenvalue weighted by Gasteiger charge is -2.21. The summed E-state index contributed by atoms with van der Waals surface area (Å²) in [5.41, 5.74) is 2.13. The Morgan fingerprint density at radius 3 is 2.40 bits per heavy atom. The van der Waals surface area contributed by atoms with E-state index in [1.807, 2.05) is 30.3 Å². The highest BCUT2D eigenvalue weighted by Crippen LogP contribution is 2.23. The monoisotopic (exact) mass is 346 g/mol. The van der Waals surface area contributed by atoms with E-state index in [1.165, 1.54) is 12.4 Å². The molecule has 0 bridgehead atoms. The first-order chi connectivity index (χ1) is 12.0. The third kappa shape index (κ3) is 4.67. The highest BCUT2D eigenvalue weighted by Gasteiger charge is 2.39. The lowest BCUT2D eigenvalue weighted by Crippen LogP contribution is -2.43. The standard InChI is InChI=1S/C18H17F3N4/c19-18(20,21)17(10-14-6-8-22-9-7-14)23-11-15-12-24-25(13-15)16-4-2-1-3-5-16/h1-9,12-13,17,23H,10-11H2/t17-/m1/s1. The quantitative estimate of drug-likeness (QED) is 0.742. The normalized spacial score (nSPS) is 12.9. The number of nitrogens with one attached hydrogen (secondary N) is 1. The Morgan fingerprint density at radius 1 is 1.00 bits per heavy atom. The molecule has 4 nitrogen and oxygen atoms in total. The van der Waals surface area contributed by atoms with Crippen LogP contribution >= 0.6 is 0 Å². The van der Waals surface area contributed by atoms with E-state index in [9.17, 15) is 13.2 Å². The summed E-state index contributed by atoms with van der Waals surface area (Å²) in [7, 11) is 0. The van der Waals surface area contributed by atoms with E-state index in [2.05, 4.69) is 15.4 Å². The van der Waals surface area contributed by atoms with Crippen molar-refractivity contribution in [2.75, 3.05) is 0 Å². The summed E-state index contributed by atoms with van der Waals surface area (Å²) in [5, 5.41) is 6.79. The molecule has 2 aromatic heterocycles. The van der Waals surface area contributed by atoms with Gasteiger partial charge in [0, 0.05) is 30.7 Å². The lowest BCUT2D eigenvalue weighted by atomic mass is 10.1. The third-order valence-corrected chi connectivity index (χ3v) is 3.79. The van der Waals surface area contributed by atoms with Crippen molar-refractivity contribution in [2.24, 2.45) is 0 Å². The molecule has 1 atom stereocenters. The number of para-hydroxylation sites is 1. The van der Waals surface area contributed by atoms with Gasteiger partial charge in [-0.05, 0) is 36.2 Å². The van der Waals surface area contributed by atoms with E-state index in [0.29, 0.717) is 11.1 Å². The van der Waals surface area contributed by atoms with Gasteiger partial charge in [0.1, 0.15) is 6.04 Å². The van der Waals surface area contributed by atoms with Crippen LogP contribution in [0.2, 0.25) is 0 Å². The van der Waals surface area contributed by atoms with Crippen molar-refractivity contribution >= 4 is 0 Å². The molecule has 0 spiro atoms. The average Bonchev–Trinajstić information content (AvgIpc) is 3.08. The molecule has 0 fully saturated rings. The van der Waals surface area contributed by atoms with Crippen LogP contribution in [0.3, 0.4) is 0 Å². The van der Waals surface area contributed by atoms with Crippen LogP contribution in [0.5, 0.6) is 0 Å². The highest BCUT2D eigenvalue weighted by atomic mass is 19.4. The van der Waals surface area contributed by atoms with Crippen LogP contribution < -0.4 is 5.32 Å². The van der Waals surface area contributed by atoms with E-state index in [0.717, 1.165) is 5.69 Å². The Hall–Kier alpha value is -2.67.